The van der Waals surface area contributed by atoms with Crippen LogP contribution >= 0.6 is 0 Å². The Bertz CT molecular complexity index is 1530. The van der Waals surface area contributed by atoms with E-state index in [0.717, 1.165) is 66.0 Å². The van der Waals surface area contributed by atoms with Gasteiger partial charge in [-0.25, -0.2) is 0 Å². The summed E-state index contributed by atoms with van der Waals surface area (Å²) in [6.45, 7) is 4.18. The molecule has 4 aromatic carbocycles. The summed E-state index contributed by atoms with van der Waals surface area (Å²) in [5.41, 5.74) is 4.76. The molecule has 0 radical (unpaired) electrons. The van der Waals surface area contributed by atoms with Crippen molar-refractivity contribution < 1.29 is 19.4 Å². The Kier molecular flexibility index (Phi) is 10.3. The lowest BCUT2D eigenvalue weighted by molar-refractivity contribution is 0.0561. The van der Waals surface area contributed by atoms with E-state index in [2.05, 4.69) is 41.0 Å². The predicted molar refractivity (Wildman–Crippen MR) is 168 cm³/mol. The van der Waals surface area contributed by atoms with Crippen LogP contribution in [0.15, 0.2) is 66.7 Å². The van der Waals surface area contributed by atoms with Gasteiger partial charge in [0.2, 0.25) is 0 Å². The summed E-state index contributed by atoms with van der Waals surface area (Å²) < 4.78 is 5.17. The van der Waals surface area contributed by atoms with Gasteiger partial charge in [-0.3, -0.25) is 14.5 Å². The third-order valence-electron chi connectivity index (χ3n) is 8.13. The molecule has 0 bridgehead atoms. The zero-order chi connectivity index (χ0) is 29.3. The Labute approximate surface area is 247 Å². The summed E-state index contributed by atoms with van der Waals surface area (Å²) in [5, 5.41) is 19.9. The maximum absolute atomic E-state index is 13.6. The van der Waals surface area contributed by atoms with Crippen molar-refractivity contribution in [1.82, 2.24) is 15.5 Å². The molecule has 5 rings (SSSR count). The molecule has 2 amide bonds. The van der Waals surface area contributed by atoms with Crippen LogP contribution in [0.4, 0.5) is 0 Å². The maximum atomic E-state index is 13.6. The Morgan fingerprint density at radius 2 is 1.40 bits per heavy atom. The minimum Gasteiger partial charge on any atom is -0.396 e. The molecular formula is C35H41N3O4. The molecule has 7 nitrogen and oxygen atoms in total. The molecule has 0 unspecified atom stereocenters. The number of fused-ring (bicyclic) bond motifs is 2. The number of nitrogens with zero attached hydrogens (tertiary/aromatic N) is 1. The number of carbonyl (C=O) groups is 2. The first-order chi connectivity index (χ1) is 20.6. The molecule has 3 N–H and O–H groups in total. The molecule has 1 heterocycles. The molecule has 1 aliphatic rings. The van der Waals surface area contributed by atoms with Crippen molar-refractivity contribution in [3.63, 3.8) is 0 Å². The number of ether oxygens (including phenoxy) is 1. The number of rotatable bonds is 16. The van der Waals surface area contributed by atoms with Crippen molar-refractivity contribution in [3.8, 4) is 0 Å². The van der Waals surface area contributed by atoms with Gasteiger partial charge in [0, 0.05) is 37.8 Å². The maximum Gasteiger partial charge on any atom is 0.262 e. The Hall–Kier alpha value is -3.62. The molecule has 4 aromatic rings. The first kappa shape index (κ1) is 29.9. The number of imide groups is 1. The lowest BCUT2D eigenvalue weighted by Crippen LogP contribution is -2.42. The largest absolute Gasteiger partial charge is 0.396 e. The molecular weight excluding hydrogens is 526 g/mol. The second-order valence-corrected chi connectivity index (χ2v) is 10.9. The summed E-state index contributed by atoms with van der Waals surface area (Å²) >= 11 is 0. The lowest BCUT2D eigenvalue weighted by atomic mass is 9.86. The van der Waals surface area contributed by atoms with E-state index in [4.69, 9.17) is 9.84 Å². The minimum atomic E-state index is -0.255. The molecule has 0 atom stereocenters. The first-order valence-corrected chi connectivity index (χ1v) is 15.1. The smallest absolute Gasteiger partial charge is 0.262 e. The van der Waals surface area contributed by atoms with Crippen molar-refractivity contribution in [2.75, 3.05) is 40.0 Å². The molecule has 0 spiro atoms. The summed E-state index contributed by atoms with van der Waals surface area (Å²) in [5.74, 6) is -0.503. The molecule has 0 aliphatic carbocycles. The van der Waals surface area contributed by atoms with E-state index in [0.29, 0.717) is 30.7 Å². The fourth-order valence-electron chi connectivity index (χ4n) is 5.92. The van der Waals surface area contributed by atoms with Gasteiger partial charge in [-0.1, -0.05) is 73.5 Å². The van der Waals surface area contributed by atoms with Crippen LogP contribution in [-0.2, 0) is 24.2 Å². The quantitative estimate of drug-likeness (QED) is 0.0979. The van der Waals surface area contributed by atoms with E-state index in [9.17, 15) is 9.59 Å². The summed E-state index contributed by atoms with van der Waals surface area (Å²) in [6.07, 6.45) is 5.29. The number of aliphatic hydroxyl groups excluding tert-OH is 1. The second kappa shape index (κ2) is 14.5. The van der Waals surface area contributed by atoms with E-state index >= 15 is 0 Å². The van der Waals surface area contributed by atoms with Gasteiger partial charge in [0.25, 0.3) is 11.8 Å². The van der Waals surface area contributed by atoms with Crippen molar-refractivity contribution >= 4 is 33.4 Å². The van der Waals surface area contributed by atoms with Crippen LogP contribution < -0.4 is 10.6 Å². The number of unbranched alkanes of at least 4 members (excludes halogenated alkanes) is 3. The number of hydrogen-bond donors (Lipinski definition) is 3. The highest BCUT2D eigenvalue weighted by Crippen LogP contribution is 2.38. The summed E-state index contributed by atoms with van der Waals surface area (Å²) in [7, 11) is 1.57. The van der Waals surface area contributed by atoms with E-state index in [-0.39, 0.29) is 25.0 Å². The molecule has 1 aliphatic heterocycles. The number of amides is 2. The molecule has 7 heteroatoms. The van der Waals surface area contributed by atoms with Crippen LogP contribution in [0.5, 0.6) is 0 Å². The van der Waals surface area contributed by atoms with Gasteiger partial charge >= 0.3 is 0 Å². The van der Waals surface area contributed by atoms with E-state index in [1.165, 1.54) is 22.4 Å². The fraction of sp³-hybridized carbons (Fsp3) is 0.371. The lowest BCUT2D eigenvalue weighted by Gasteiger charge is -2.29. The average molecular weight is 568 g/mol. The highest BCUT2D eigenvalue weighted by Gasteiger charge is 2.34. The van der Waals surface area contributed by atoms with Gasteiger partial charge in [-0.15, -0.1) is 0 Å². The summed E-state index contributed by atoms with van der Waals surface area (Å²) in [4.78, 5) is 28.2. The highest BCUT2D eigenvalue weighted by molar-refractivity contribution is 6.31. The molecule has 220 valence electrons. The number of hydrogen-bond acceptors (Lipinski definition) is 6. The van der Waals surface area contributed by atoms with Gasteiger partial charge < -0.3 is 20.5 Å². The molecule has 0 saturated heterocycles. The van der Waals surface area contributed by atoms with E-state index in [1.807, 2.05) is 36.4 Å². The Balaban J connectivity index is 1.15. The number of aliphatic hydroxyl groups is 1. The third-order valence-corrected chi connectivity index (χ3v) is 8.13. The Morgan fingerprint density at radius 3 is 2.12 bits per heavy atom. The number of carbonyl (C=O) groups excluding carboxylic acids is 2. The zero-order valence-electron chi connectivity index (χ0n) is 24.5. The van der Waals surface area contributed by atoms with Crippen molar-refractivity contribution in [2.24, 2.45) is 0 Å². The monoisotopic (exact) mass is 567 g/mol. The zero-order valence-corrected chi connectivity index (χ0v) is 24.5. The predicted octanol–water partition coefficient (Wildman–Crippen LogP) is 5.21. The fourth-order valence-corrected chi connectivity index (χ4v) is 5.92. The Morgan fingerprint density at radius 1 is 0.738 bits per heavy atom. The van der Waals surface area contributed by atoms with Crippen molar-refractivity contribution in [3.05, 3.63) is 94.5 Å². The minimum absolute atomic E-state index is 0.189. The van der Waals surface area contributed by atoms with Gasteiger partial charge in [0.05, 0.1) is 18.7 Å². The van der Waals surface area contributed by atoms with Gasteiger partial charge in [-0.2, -0.15) is 0 Å². The third kappa shape index (κ3) is 6.55. The SMILES string of the molecule is COCCN1C(=O)c2cccc3c(CNCCCCCCNCc4ccc(CCO)cc4)c4ccccc4c(c23)C1=O. The van der Waals surface area contributed by atoms with E-state index < -0.39 is 0 Å². The normalized spacial score (nSPS) is 13.0. The van der Waals surface area contributed by atoms with E-state index in [1.54, 1.807) is 7.11 Å². The van der Waals surface area contributed by atoms with Crippen LogP contribution in [0.25, 0.3) is 21.5 Å². The van der Waals surface area contributed by atoms with Gasteiger partial charge in [-0.05, 0) is 71.3 Å². The standard InChI is InChI=1S/C35H41N3O4/c1-42-22-20-38-34(40)30-12-8-11-29-31(27-9-4-5-10-28(27)33(32(29)30)35(38)41)24-37-19-7-3-2-6-18-36-23-26-15-13-25(14-16-26)17-21-39/h4-5,8-16,36-37,39H,2-3,6-7,17-24H2,1H3. The second-order valence-electron chi connectivity index (χ2n) is 10.9. The topological polar surface area (TPSA) is 90.9 Å². The van der Waals surface area contributed by atoms with Crippen LogP contribution in [0, 0.1) is 0 Å². The van der Waals surface area contributed by atoms with Crippen LogP contribution in [0.3, 0.4) is 0 Å². The van der Waals surface area contributed by atoms with Crippen LogP contribution in [0.1, 0.15) is 63.1 Å². The number of methoxy groups -OCH3 is 1. The molecule has 0 aromatic heterocycles. The average Bonchev–Trinajstić information content (AvgIpc) is 3.01. The van der Waals surface area contributed by atoms with Crippen molar-refractivity contribution in [2.45, 2.75) is 45.2 Å². The molecule has 0 fully saturated rings. The van der Waals surface area contributed by atoms with Gasteiger partial charge in [0.1, 0.15) is 0 Å². The molecule has 42 heavy (non-hydrogen) atoms. The number of benzene rings is 4. The first-order valence-electron chi connectivity index (χ1n) is 15.1. The van der Waals surface area contributed by atoms with Crippen LogP contribution in [0.2, 0.25) is 0 Å². The summed E-state index contributed by atoms with van der Waals surface area (Å²) in [6, 6.07) is 22.3. The number of nitrogens with one attached hydrogen (secondary N) is 2. The highest BCUT2D eigenvalue weighted by atomic mass is 16.5. The molecule has 0 saturated carbocycles. The van der Waals surface area contributed by atoms with Gasteiger partial charge in [0.15, 0.2) is 0 Å². The van der Waals surface area contributed by atoms with Crippen molar-refractivity contribution in [1.29, 1.82) is 0 Å². The van der Waals surface area contributed by atoms with Crippen LogP contribution in [-0.4, -0.2) is 61.8 Å².